The molecule has 0 radical (unpaired) electrons. The van der Waals surface area contributed by atoms with Crippen molar-refractivity contribution in [1.29, 1.82) is 0 Å². The first-order valence-electron chi connectivity index (χ1n) is 5.24. The summed E-state index contributed by atoms with van der Waals surface area (Å²) in [5.41, 5.74) is 6.31. The van der Waals surface area contributed by atoms with E-state index < -0.39 is 11.8 Å². The summed E-state index contributed by atoms with van der Waals surface area (Å²) in [5.74, 6) is -0.0846. The van der Waals surface area contributed by atoms with Crippen molar-refractivity contribution in [2.75, 3.05) is 35.2 Å². The monoisotopic (exact) mass is 256 g/mol. The molecule has 3 N–H and O–H groups in total. The highest BCUT2D eigenvalue weighted by Crippen LogP contribution is 2.28. The van der Waals surface area contributed by atoms with Crippen molar-refractivity contribution in [3.05, 3.63) is 23.5 Å². The Morgan fingerprint density at radius 2 is 2.06 bits per heavy atom. The zero-order chi connectivity index (χ0) is 12.4. The molecule has 1 aliphatic rings. The maximum absolute atomic E-state index is 13.6. The Labute approximate surface area is 103 Å². The summed E-state index contributed by atoms with van der Waals surface area (Å²) >= 11 is 1.84. The number of thioether (sulfide) groups is 1. The molecule has 1 fully saturated rings. The molecule has 1 aromatic rings. The first-order chi connectivity index (χ1) is 8.09. The Hall–Kier alpha value is -1.43. The lowest BCUT2D eigenvalue weighted by molar-refractivity contribution is 0.0692. The molecule has 0 aromatic heterocycles. The van der Waals surface area contributed by atoms with Crippen LogP contribution in [0.5, 0.6) is 0 Å². The van der Waals surface area contributed by atoms with Crippen LogP contribution >= 0.6 is 11.8 Å². The normalized spacial score (nSPS) is 15.9. The molecule has 17 heavy (non-hydrogen) atoms. The number of aromatic carboxylic acids is 1. The number of carbonyl (C=O) groups is 1. The molecule has 1 saturated heterocycles. The molecule has 0 spiro atoms. The SMILES string of the molecule is Nc1cc(C(=O)O)c(F)cc1N1CCSCC1. The molecule has 92 valence electrons. The Morgan fingerprint density at radius 1 is 1.41 bits per heavy atom. The van der Waals surface area contributed by atoms with Crippen LogP contribution in [0, 0.1) is 5.82 Å². The summed E-state index contributed by atoms with van der Waals surface area (Å²) in [5, 5.41) is 8.78. The smallest absolute Gasteiger partial charge is 0.338 e. The van der Waals surface area contributed by atoms with Gasteiger partial charge >= 0.3 is 5.97 Å². The van der Waals surface area contributed by atoms with E-state index in [-0.39, 0.29) is 5.56 Å². The number of nitrogens with two attached hydrogens (primary N) is 1. The number of carboxylic acids is 1. The number of nitrogen functional groups attached to an aromatic ring is 1. The predicted molar refractivity (Wildman–Crippen MR) is 67.3 cm³/mol. The number of rotatable bonds is 2. The number of nitrogens with zero attached hydrogens (tertiary/aromatic N) is 1. The highest BCUT2D eigenvalue weighted by molar-refractivity contribution is 7.99. The fourth-order valence-electron chi connectivity index (χ4n) is 1.82. The van der Waals surface area contributed by atoms with Gasteiger partial charge in [-0.15, -0.1) is 0 Å². The van der Waals surface area contributed by atoms with Crippen LogP contribution in [0.15, 0.2) is 12.1 Å². The minimum atomic E-state index is -1.30. The fraction of sp³-hybridized carbons (Fsp3) is 0.364. The molecule has 1 heterocycles. The molecule has 0 amide bonds. The van der Waals surface area contributed by atoms with Crippen LogP contribution in [0.2, 0.25) is 0 Å². The van der Waals surface area contributed by atoms with Gasteiger partial charge in [0, 0.05) is 30.7 Å². The third-order valence-corrected chi connectivity index (χ3v) is 3.64. The van der Waals surface area contributed by atoms with Crippen molar-refractivity contribution >= 4 is 29.1 Å². The van der Waals surface area contributed by atoms with E-state index in [0.717, 1.165) is 24.6 Å². The second kappa shape index (κ2) is 4.83. The van der Waals surface area contributed by atoms with Gasteiger partial charge in [0.1, 0.15) is 5.82 Å². The first-order valence-corrected chi connectivity index (χ1v) is 6.40. The van der Waals surface area contributed by atoms with Gasteiger partial charge in [-0.1, -0.05) is 0 Å². The van der Waals surface area contributed by atoms with Gasteiger partial charge in [-0.2, -0.15) is 11.8 Å². The third kappa shape index (κ3) is 2.46. The van der Waals surface area contributed by atoms with Gasteiger partial charge in [-0.05, 0) is 6.07 Å². The number of benzene rings is 1. The molecule has 2 rings (SSSR count). The van der Waals surface area contributed by atoms with Gasteiger partial charge in [0.25, 0.3) is 0 Å². The van der Waals surface area contributed by atoms with E-state index in [1.54, 1.807) is 0 Å². The maximum Gasteiger partial charge on any atom is 0.338 e. The van der Waals surface area contributed by atoms with Gasteiger partial charge in [-0.25, -0.2) is 9.18 Å². The minimum absolute atomic E-state index is 0.315. The van der Waals surface area contributed by atoms with Gasteiger partial charge < -0.3 is 15.7 Å². The summed E-state index contributed by atoms with van der Waals surface area (Å²) < 4.78 is 13.6. The van der Waals surface area contributed by atoms with Crippen LogP contribution in [0.25, 0.3) is 0 Å². The van der Waals surface area contributed by atoms with E-state index in [9.17, 15) is 9.18 Å². The van der Waals surface area contributed by atoms with Gasteiger partial charge in [0.15, 0.2) is 0 Å². The number of hydrogen-bond acceptors (Lipinski definition) is 4. The van der Waals surface area contributed by atoms with Crippen LogP contribution in [-0.2, 0) is 0 Å². The highest BCUT2D eigenvalue weighted by atomic mass is 32.2. The van der Waals surface area contributed by atoms with Crippen molar-refractivity contribution < 1.29 is 14.3 Å². The van der Waals surface area contributed by atoms with Gasteiger partial charge in [-0.3, -0.25) is 0 Å². The average Bonchev–Trinajstić information content (AvgIpc) is 2.32. The van der Waals surface area contributed by atoms with Crippen LogP contribution < -0.4 is 10.6 Å². The summed E-state index contributed by atoms with van der Waals surface area (Å²) in [6.45, 7) is 1.61. The molecule has 6 heteroatoms. The van der Waals surface area contributed by atoms with Crippen molar-refractivity contribution in [3.63, 3.8) is 0 Å². The topological polar surface area (TPSA) is 66.6 Å². The molecule has 1 aromatic carbocycles. The molecular weight excluding hydrogens is 243 g/mol. The summed E-state index contributed by atoms with van der Waals surface area (Å²) in [6, 6.07) is 2.41. The van der Waals surface area contributed by atoms with E-state index in [1.807, 2.05) is 16.7 Å². The van der Waals surface area contributed by atoms with E-state index in [4.69, 9.17) is 10.8 Å². The zero-order valence-electron chi connectivity index (χ0n) is 9.15. The highest BCUT2D eigenvalue weighted by Gasteiger charge is 2.18. The molecule has 0 unspecified atom stereocenters. The van der Waals surface area contributed by atoms with Crippen LogP contribution in [0.4, 0.5) is 15.8 Å². The number of carboxylic acid groups (broad SMARTS) is 1. The maximum atomic E-state index is 13.6. The molecule has 0 bridgehead atoms. The Balaban J connectivity index is 2.35. The second-order valence-corrected chi connectivity index (χ2v) is 5.02. The first kappa shape index (κ1) is 12.0. The van der Waals surface area contributed by atoms with E-state index in [2.05, 4.69) is 0 Å². The molecule has 0 atom stereocenters. The number of anilines is 2. The third-order valence-electron chi connectivity index (χ3n) is 2.70. The molecule has 0 saturated carbocycles. The lowest BCUT2D eigenvalue weighted by atomic mass is 10.1. The summed E-state index contributed by atoms with van der Waals surface area (Å²) in [6.07, 6.45) is 0. The van der Waals surface area contributed by atoms with Crippen LogP contribution in [0.3, 0.4) is 0 Å². The van der Waals surface area contributed by atoms with Crippen LogP contribution in [-0.4, -0.2) is 35.7 Å². The molecular formula is C11H13FN2O2S. The quantitative estimate of drug-likeness (QED) is 0.788. The fourth-order valence-corrected chi connectivity index (χ4v) is 2.72. The van der Waals surface area contributed by atoms with Crippen molar-refractivity contribution in [3.8, 4) is 0 Å². The van der Waals surface area contributed by atoms with Crippen molar-refractivity contribution in [2.24, 2.45) is 0 Å². The number of halogens is 1. The summed E-state index contributed by atoms with van der Waals surface area (Å²) in [7, 11) is 0. The standard InChI is InChI=1S/C11H13FN2O2S/c12-8-6-10(14-1-3-17-4-2-14)9(13)5-7(8)11(15)16/h5-6H,1-4,13H2,(H,15,16). The van der Waals surface area contributed by atoms with E-state index in [0.29, 0.717) is 11.4 Å². The summed E-state index contributed by atoms with van der Waals surface area (Å²) in [4.78, 5) is 12.7. The van der Waals surface area contributed by atoms with Crippen molar-refractivity contribution in [2.45, 2.75) is 0 Å². The van der Waals surface area contributed by atoms with Gasteiger partial charge in [0.2, 0.25) is 0 Å². The lowest BCUT2D eigenvalue weighted by Crippen LogP contribution is -2.33. The molecule has 0 aliphatic carbocycles. The minimum Gasteiger partial charge on any atom is -0.478 e. The zero-order valence-corrected chi connectivity index (χ0v) is 9.97. The Kier molecular flexibility index (Phi) is 3.42. The van der Waals surface area contributed by atoms with E-state index in [1.165, 1.54) is 12.1 Å². The van der Waals surface area contributed by atoms with Crippen LogP contribution in [0.1, 0.15) is 10.4 Å². The van der Waals surface area contributed by atoms with E-state index >= 15 is 0 Å². The number of hydrogen-bond donors (Lipinski definition) is 2. The second-order valence-electron chi connectivity index (χ2n) is 3.80. The van der Waals surface area contributed by atoms with Crippen molar-refractivity contribution in [1.82, 2.24) is 0 Å². The largest absolute Gasteiger partial charge is 0.478 e. The predicted octanol–water partition coefficient (Wildman–Crippen LogP) is 1.66. The molecule has 4 nitrogen and oxygen atoms in total. The Morgan fingerprint density at radius 3 is 2.65 bits per heavy atom. The Bertz CT molecular complexity index is 447. The molecule has 1 aliphatic heterocycles. The lowest BCUT2D eigenvalue weighted by Gasteiger charge is -2.29. The van der Waals surface area contributed by atoms with Gasteiger partial charge in [0.05, 0.1) is 16.9 Å². The average molecular weight is 256 g/mol.